The molecule has 0 saturated carbocycles. The Balaban J connectivity index is 1.39. The fourth-order valence-corrected chi connectivity index (χ4v) is 4.03. The number of hydrogen-bond acceptors (Lipinski definition) is 5. The number of ether oxygens (including phenoxy) is 1. The Labute approximate surface area is 186 Å². The summed E-state index contributed by atoms with van der Waals surface area (Å²) in [5, 5.41) is 11.7. The van der Waals surface area contributed by atoms with Crippen LogP contribution in [0, 0.1) is 0 Å². The van der Waals surface area contributed by atoms with Gasteiger partial charge in [-0.15, -0.1) is 0 Å². The number of hydrogen-bond donors (Lipinski definition) is 1. The van der Waals surface area contributed by atoms with Crippen LogP contribution in [0.4, 0.5) is 5.69 Å². The zero-order valence-electron chi connectivity index (χ0n) is 17.7. The van der Waals surface area contributed by atoms with Gasteiger partial charge in [-0.1, -0.05) is 36.4 Å². The largest absolute Gasteiger partial charge is 0.497 e. The highest BCUT2D eigenvalue weighted by Gasteiger charge is 2.34. The maximum absolute atomic E-state index is 13.2. The average Bonchev–Trinajstić information content (AvgIpc) is 3.53. The molecule has 0 bridgehead atoms. The van der Waals surface area contributed by atoms with Gasteiger partial charge in [0.15, 0.2) is 0 Å². The molecule has 1 amide bonds. The van der Waals surface area contributed by atoms with Gasteiger partial charge in [-0.05, 0) is 53.4 Å². The van der Waals surface area contributed by atoms with Crippen molar-refractivity contribution in [2.75, 3.05) is 19.0 Å². The Hall–Kier alpha value is -4.06. The lowest BCUT2D eigenvalue weighted by Gasteiger charge is -2.20. The third-order valence-electron chi connectivity index (χ3n) is 5.68. The van der Waals surface area contributed by atoms with E-state index in [9.17, 15) is 4.79 Å². The highest BCUT2D eigenvalue weighted by molar-refractivity contribution is 6.03. The van der Waals surface area contributed by atoms with Crippen LogP contribution in [-0.4, -0.2) is 30.3 Å². The van der Waals surface area contributed by atoms with Crippen molar-refractivity contribution in [1.29, 1.82) is 0 Å². The van der Waals surface area contributed by atoms with E-state index in [2.05, 4.69) is 22.6 Å². The molecular formula is C26H23N3O3. The van der Waals surface area contributed by atoms with Crippen LogP contribution in [-0.2, 0) is 4.79 Å². The maximum Gasteiger partial charge on any atom is 0.262 e. The van der Waals surface area contributed by atoms with E-state index in [0.717, 1.165) is 39.2 Å². The van der Waals surface area contributed by atoms with Gasteiger partial charge < -0.3 is 14.5 Å². The van der Waals surface area contributed by atoms with Crippen molar-refractivity contribution in [1.82, 2.24) is 5.01 Å². The van der Waals surface area contributed by atoms with Crippen LogP contribution in [0.2, 0.25) is 0 Å². The third kappa shape index (κ3) is 3.83. The second-order valence-electron chi connectivity index (χ2n) is 7.63. The summed E-state index contributed by atoms with van der Waals surface area (Å²) in [5.41, 5.74) is 2.72. The van der Waals surface area contributed by atoms with Gasteiger partial charge in [-0.3, -0.25) is 4.79 Å². The van der Waals surface area contributed by atoms with E-state index in [1.807, 2.05) is 66.7 Å². The summed E-state index contributed by atoms with van der Waals surface area (Å²) in [6.45, 7) is 0.130. The molecule has 160 valence electrons. The Morgan fingerprint density at radius 1 is 1.06 bits per heavy atom. The molecule has 1 aliphatic heterocycles. The number of fused-ring (bicyclic) bond motifs is 1. The van der Waals surface area contributed by atoms with Crippen LogP contribution in [0.1, 0.15) is 23.8 Å². The number of nitrogens with zero attached hydrogens (tertiary/aromatic N) is 2. The van der Waals surface area contributed by atoms with E-state index < -0.39 is 0 Å². The first-order chi connectivity index (χ1) is 15.7. The van der Waals surface area contributed by atoms with Crippen molar-refractivity contribution in [3.8, 4) is 5.75 Å². The van der Waals surface area contributed by atoms with E-state index in [1.165, 1.54) is 5.01 Å². The minimum atomic E-state index is -0.274. The van der Waals surface area contributed by atoms with Gasteiger partial charge in [0.05, 0.1) is 25.6 Å². The number of nitrogens with one attached hydrogen (secondary N) is 1. The van der Waals surface area contributed by atoms with Crippen LogP contribution in [0.15, 0.2) is 94.6 Å². The lowest BCUT2D eigenvalue weighted by molar-refractivity contribution is -0.131. The Morgan fingerprint density at radius 3 is 2.66 bits per heavy atom. The van der Waals surface area contributed by atoms with Crippen LogP contribution in [0.3, 0.4) is 0 Å². The fourth-order valence-electron chi connectivity index (χ4n) is 4.03. The quantitative estimate of drug-likeness (QED) is 0.459. The van der Waals surface area contributed by atoms with Gasteiger partial charge in [-0.25, -0.2) is 5.01 Å². The molecule has 1 aliphatic rings. The summed E-state index contributed by atoms with van der Waals surface area (Å²) < 4.78 is 10.9. The number of carbonyl (C=O) groups excluding carboxylic acids is 1. The van der Waals surface area contributed by atoms with Gasteiger partial charge >= 0.3 is 0 Å². The molecule has 1 unspecified atom stereocenters. The van der Waals surface area contributed by atoms with Crippen molar-refractivity contribution in [2.24, 2.45) is 5.10 Å². The van der Waals surface area contributed by atoms with Crippen LogP contribution < -0.4 is 10.1 Å². The monoisotopic (exact) mass is 425 g/mol. The molecule has 6 nitrogen and oxygen atoms in total. The predicted octanol–water partition coefficient (Wildman–Crippen LogP) is 5.23. The lowest BCUT2D eigenvalue weighted by atomic mass is 10.0. The molecule has 0 fully saturated rings. The van der Waals surface area contributed by atoms with Gasteiger partial charge in [0, 0.05) is 17.5 Å². The molecular weight excluding hydrogens is 402 g/mol. The summed E-state index contributed by atoms with van der Waals surface area (Å²) >= 11 is 0. The smallest absolute Gasteiger partial charge is 0.262 e. The highest BCUT2D eigenvalue weighted by Crippen LogP contribution is 2.33. The van der Waals surface area contributed by atoms with Crippen LogP contribution in [0.25, 0.3) is 10.8 Å². The van der Waals surface area contributed by atoms with Crippen molar-refractivity contribution in [2.45, 2.75) is 12.5 Å². The van der Waals surface area contributed by atoms with E-state index in [1.54, 1.807) is 13.4 Å². The molecule has 0 radical (unpaired) electrons. The Kier molecular flexibility index (Phi) is 5.34. The number of furan rings is 1. The molecule has 1 aromatic heterocycles. The number of benzene rings is 3. The first-order valence-electron chi connectivity index (χ1n) is 10.5. The van der Waals surface area contributed by atoms with Crippen molar-refractivity contribution < 1.29 is 13.9 Å². The molecule has 0 saturated heterocycles. The molecule has 1 N–H and O–H groups in total. The minimum absolute atomic E-state index is 0.122. The molecule has 4 aromatic rings. The standard InChI is InChI=1S/C26H23N3O3/c1-31-20-13-11-19(12-14-20)23-16-24(25-10-5-15-32-25)29(28-23)26(30)17-27-22-9-4-7-18-6-2-3-8-21(18)22/h2-15,24,27H,16-17H2,1H3. The van der Waals surface area contributed by atoms with Gasteiger partial charge in [0.2, 0.25) is 0 Å². The van der Waals surface area contributed by atoms with Crippen molar-refractivity contribution in [3.05, 3.63) is 96.4 Å². The molecule has 5 rings (SSSR count). The van der Waals surface area contributed by atoms with E-state index in [4.69, 9.17) is 9.15 Å². The molecule has 0 spiro atoms. The Morgan fingerprint density at radius 2 is 1.88 bits per heavy atom. The van der Waals surface area contributed by atoms with Gasteiger partial charge in [0.1, 0.15) is 17.6 Å². The zero-order valence-corrected chi connectivity index (χ0v) is 17.7. The molecule has 0 aliphatic carbocycles. The van der Waals surface area contributed by atoms with E-state index in [-0.39, 0.29) is 18.5 Å². The molecule has 2 heterocycles. The number of rotatable bonds is 6. The van der Waals surface area contributed by atoms with Gasteiger partial charge in [0.25, 0.3) is 5.91 Å². The average molecular weight is 425 g/mol. The molecule has 6 heteroatoms. The first kappa shape index (κ1) is 19.9. The second-order valence-corrected chi connectivity index (χ2v) is 7.63. The number of anilines is 1. The maximum atomic E-state index is 13.2. The van der Waals surface area contributed by atoms with E-state index >= 15 is 0 Å². The molecule has 1 atom stereocenters. The summed E-state index contributed by atoms with van der Waals surface area (Å²) in [4.78, 5) is 13.2. The topological polar surface area (TPSA) is 67.1 Å². The number of carbonyl (C=O) groups is 1. The predicted molar refractivity (Wildman–Crippen MR) is 125 cm³/mol. The lowest BCUT2D eigenvalue weighted by Crippen LogP contribution is -2.32. The minimum Gasteiger partial charge on any atom is -0.497 e. The van der Waals surface area contributed by atoms with Crippen molar-refractivity contribution in [3.63, 3.8) is 0 Å². The van der Waals surface area contributed by atoms with Crippen LogP contribution in [0.5, 0.6) is 5.75 Å². The number of methoxy groups -OCH3 is 1. The SMILES string of the molecule is COc1ccc(C2=NN(C(=O)CNc3cccc4ccccc34)C(c3ccco3)C2)cc1. The second kappa shape index (κ2) is 8.59. The summed E-state index contributed by atoms with van der Waals surface area (Å²) in [6, 6.07) is 25.3. The molecule has 3 aromatic carbocycles. The van der Waals surface area contributed by atoms with E-state index in [0.29, 0.717) is 6.42 Å². The number of hydrazone groups is 1. The molecule has 32 heavy (non-hydrogen) atoms. The summed E-state index contributed by atoms with van der Waals surface area (Å²) in [5.74, 6) is 1.38. The van der Waals surface area contributed by atoms with Gasteiger partial charge in [-0.2, -0.15) is 5.10 Å². The third-order valence-corrected chi connectivity index (χ3v) is 5.68. The van der Waals surface area contributed by atoms with Crippen molar-refractivity contribution >= 4 is 28.1 Å². The summed E-state index contributed by atoms with van der Waals surface area (Å²) in [7, 11) is 1.64. The Bertz CT molecular complexity index is 1260. The first-order valence-corrected chi connectivity index (χ1v) is 10.5. The number of amides is 1. The summed E-state index contributed by atoms with van der Waals surface area (Å²) in [6.07, 6.45) is 2.21. The fraction of sp³-hybridized carbons (Fsp3) is 0.154. The van der Waals surface area contributed by atoms with Crippen LogP contribution >= 0.6 is 0 Å². The normalized spacial score (nSPS) is 15.6. The highest BCUT2D eigenvalue weighted by atomic mass is 16.5. The zero-order chi connectivity index (χ0) is 21.9.